The summed E-state index contributed by atoms with van der Waals surface area (Å²) in [5.74, 6) is 0.330. The summed E-state index contributed by atoms with van der Waals surface area (Å²) < 4.78 is 32.6. The first kappa shape index (κ1) is 25.1. The summed E-state index contributed by atoms with van der Waals surface area (Å²) in [4.78, 5) is 12.7. The normalized spacial score (nSPS) is 12.3. The summed E-state index contributed by atoms with van der Waals surface area (Å²) in [6, 6.07) is 14.1. The molecule has 0 N–H and O–H groups in total. The first-order valence-corrected chi connectivity index (χ1v) is 13.2. The van der Waals surface area contributed by atoms with E-state index < -0.39 is 10.0 Å². The number of hydrogen-bond donors (Lipinski definition) is 0. The molecule has 0 atom stereocenters. The third-order valence-electron chi connectivity index (χ3n) is 5.23. The van der Waals surface area contributed by atoms with Crippen molar-refractivity contribution in [3.05, 3.63) is 59.7 Å². The lowest BCUT2D eigenvalue weighted by molar-refractivity contribution is 0.102. The maximum atomic E-state index is 12.8. The van der Waals surface area contributed by atoms with E-state index in [9.17, 15) is 13.2 Å². The number of benzene rings is 2. The third kappa shape index (κ3) is 5.90. The summed E-state index contributed by atoms with van der Waals surface area (Å²) in [6.07, 6.45) is 0. The van der Waals surface area contributed by atoms with Gasteiger partial charge in [0.15, 0.2) is 5.78 Å². The minimum atomic E-state index is -3.60. The Labute approximate surface area is 199 Å². The zero-order valence-corrected chi connectivity index (χ0v) is 21.2. The number of sulfonamides is 1. The lowest BCUT2D eigenvalue weighted by atomic mass is 9.86. The number of nitrogens with zero attached hydrogens (tertiary/aromatic N) is 3. The van der Waals surface area contributed by atoms with Crippen molar-refractivity contribution < 1.29 is 17.6 Å². The van der Waals surface area contributed by atoms with Gasteiger partial charge in [-0.2, -0.15) is 4.31 Å². The second-order valence-electron chi connectivity index (χ2n) is 8.53. The van der Waals surface area contributed by atoms with E-state index in [-0.39, 0.29) is 33.0 Å². The maximum absolute atomic E-state index is 12.8. The largest absolute Gasteiger partial charge is 0.411 e. The average molecular weight is 488 g/mol. The SMILES string of the molecule is CCN(CC)S(=O)(=O)c1cccc(-c2nnc(SCC(=O)c3ccc(C(C)(C)C)cc3)o2)c1. The smallest absolute Gasteiger partial charge is 0.277 e. The molecule has 3 rings (SSSR count). The average Bonchev–Trinajstić information content (AvgIpc) is 3.27. The lowest BCUT2D eigenvalue weighted by Crippen LogP contribution is -2.30. The molecule has 176 valence electrons. The maximum Gasteiger partial charge on any atom is 0.277 e. The minimum Gasteiger partial charge on any atom is -0.411 e. The van der Waals surface area contributed by atoms with Crippen LogP contribution in [0.3, 0.4) is 0 Å². The van der Waals surface area contributed by atoms with Crippen molar-refractivity contribution >= 4 is 27.6 Å². The van der Waals surface area contributed by atoms with Gasteiger partial charge in [-0.15, -0.1) is 10.2 Å². The molecule has 0 spiro atoms. The van der Waals surface area contributed by atoms with Crippen molar-refractivity contribution in [3.8, 4) is 11.5 Å². The van der Waals surface area contributed by atoms with E-state index in [0.29, 0.717) is 24.2 Å². The zero-order chi connectivity index (χ0) is 24.2. The Morgan fingerprint density at radius 3 is 2.30 bits per heavy atom. The van der Waals surface area contributed by atoms with Gasteiger partial charge >= 0.3 is 0 Å². The summed E-state index contributed by atoms with van der Waals surface area (Å²) in [7, 11) is -3.60. The van der Waals surface area contributed by atoms with E-state index in [1.165, 1.54) is 15.9 Å². The first-order valence-electron chi connectivity index (χ1n) is 10.8. The molecular weight excluding hydrogens is 458 g/mol. The molecule has 1 heterocycles. The third-order valence-corrected chi connectivity index (χ3v) is 8.09. The van der Waals surface area contributed by atoms with Crippen molar-refractivity contribution in [2.75, 3.05) is 18.8 Å². The molecule has 0 radical (unpaired) electrons. The van der Waals surface area contributed by atoms with Crippen LogP contribution in [0.2, 0.25) is 0 Å². The van der Waals surface area contributed by atoms with Gasteiger partial charge in [0.05, 0.1) is 10.6 Å². The summed E-state index contributed by atoms with van der Waals surface area (Å²) in [6.45, 7) is 10.7. The van der Waals surface area contributed by atoms with E-state index in [4.69, 9.17) is 4.42 Å². The highest BCUT2D eigenvalue weighted by Gasteiger charge is 2.23. The highest BCUT2D eigenvalue weighted by atomic mass is 32.2. The summed E-state index contributed by atoms with van der Waals surface area (Å²) in [5, 5.41) is 8.28. The van der Waals surface area contributed by atoms with Gasteiger partial charge in [-0.05, 0) is 29.2 Å². The van der Waals surface area contributed by atoms with Gasteiger partial charge in [-0.1, -0.05) is 76.7 Å². The molecule has 7 nitrogen and oxygen atoms in total. The van der Waals surface area contributed by atoms with Gasteiger partial charge in [0, 0.05) is 24.2 Å². The summed E-state index contributed by atoms with van der Waals surface area (Å²) >= 11 is 1.15. The number of thioether (sulfide) groups is 1. The van der Waals surface area contributed by atoms with Crippen LogP contribution >= 0.6 is 11.8 Å². The molecule has 0 bridgehead atoms. The Morgan fingerprint density at radius 1 is 1.03 bits per heavy atom. The Morgan fingerprint density at radius 2 is 1.70 bits per heavy atom. The van der Waals surface area contributed by atoms with Crippen molar-refractivity contribution in [2.45, 2.75) is 50.2 Å². The van der Waals surface area contributed by atoms with E-state index in [1.54, 1.807) is 32.0 Å². The van der Waals surface area contributed by atoms with E-state index in [0.717, 1.165) is 11.8 Å². The van der Waals surface area contributed by atoms with Crippen molar-refractivity contribution in [2.24, 2.45) is 0 Å². The second-order valence-corrected chi connectivity index (χ2v) is 11.4. The number of ketones is 1. The van der Waals surface area contributed by atoms with Gasteiger partial charge in [-0.3, -0.25) is 4.79 Å². The molecule has 3 aromatic rings. The Balaban J connectivity index is 1.70. The Bertz CT molecular complexity index is 1210. The van der Waals surface area contributed by atoms with Gasteiger partial charge < -0.3 is 4.42 Å². The lowest BCUT2D eigenvalue weighted by Gasteiger charge is -2.18. The molecule has 0 amide bonds. The highest BCUT2D eigenvalue weighted by Crippen LogP contribution is 2.27. The second kappa shape index (κ2) is 10.2. The Hall–Kier alpha value is -2.49. The highest BCUT2D eigenvalue weighted by molar-refractivity contribution is 7.99. The first-order chi connectivity index (χ1) is 15.6. The van der Waals surface area contributed by atoms with Gasteiger partial charge in [-0.25, -0.2) is 8.42 Å². The topological polar surface area (TPSA) is 93.4 Å². The van der Waals surface area contributed by atoms with Crippen LogP contribution in [0.1, 0.15) is 50.5 Å². The van der Waals surface area contributed by atoms with E-state index >= 15 is 0 Å². The number of carbonyl (C=O) groups excluding carboxylic acids is 1. The fourth-order valence-corrected chi connectivity index (χ4v) is 5.42. The van der Waals surface area contributed by atoms with E-state index in [1.807, 2.05) is 24.3 Å². The molecule has 0 aliphatic heterocycles. The van der Waals surface area contributed by atoms with Crippen molar-refractivity contribution in [1.29, 1.82) is 0 Å². The van der Waals surface area contributed by atoms with Crippen molar-refractivity contribution in [3.63, 3.8) is 0 Å². The fourth-order valence-electron chi connectivity index (χ4n) is 3.25. The Kier molecular flexibility index (Phi) is 7.76. The molecule has 9 heteroatoms. The molecular formula is C24H29N3O4S2. The number of carbonyl (C=O) groups is 1. The molecule has 0 saturated heterocycles. The molecule has 0 aliphatic carbocycles. The molecule has 0 saturated carbocycles. The number of hydrogen-bond acceptors (Lipinski definition) is 7. The molecule has 1 aromatic heterocycles. The van der Waals surface area contributed by atoms with Crippen LogP contribution in [0.25, 0.3) is 11.5 Å². The zero-order valence-electron chi connectivity index (χ0n) is 19.5. The predicted molar refractivity (Wildman–Crippen MR) is 130 cm³/mol. The molecule has 33 heavy (non-hydrogen) atoms. The fraction of sp³-hybridized carbons (Fsp3) is 0.375. The van der Waals surface area contributed by atoms with Gasteiger partial charge in [0.2, 0.25) is 15.9 Å². The van der Waals surface area contributed by atoms with Crippen LogP contribution in [-0.2, 0) is 15.4 Å². The van der Waals surface area contributed by atoms with Crippen LogP contribution in [0.5, 0.6) is 0 Å². The molecule has 0 unspecified atom stereocenters. The van der Waals surface area contributed by atoms with E-state index in [2.05, 4.69) is 31.0 Å². The predicted octanol–water partition coefficient (Wildman–Crippen LogP) is 5.04. The molecule has 2 aromatic carbocycles. The molecule has 0 aliphatic rings. The van der Waals surface area contributed by atoms with Crippen LogP contribution in [-0.4, -0.2) is 47.5 Å². The van der Waals surface area contributed by atoms with Crippen LogP contribution < -0.4 is 0 Å². The van der Waals surface area contributed by atoms with Crippen LogP contribution in [0, 0.1) is 0 Å². The van der Waals surface area contributed by atoms with Crippen molar-refractivity contribution in [1.82, 2.24) is 14.5 Å². The molecule has 0 fully saturated rings. The van der Waals surface area contributed by atoms with Gasteiger partial charge in [0.1, 0.15) is 0 Å². The standard InChI is InChI=1S/C24H29N3O4S2/c1-6-27(7-2)33(29,30)20-10-8-9-18(15-20)22-25-26-23(31-22)32-16-21(28)17-11-13-19(14-12-17)24(3,4)5/h8-15H,6-7,16H2,1-5H3. The monoisotopic (exact) mass is 487 g/mol. The van der Waals surface area contributed by atoms with Crippen LogP contribution in [0.4, 0.5) is 0 Å². The quantitative estimate of drug-likeness (QED) is 0.308. The van der Waals surface area contributed by atoms with Gasteiger partial charge in [0.25, 0.3) is 5.22 Å². The number of rotatable bonds is 9. The van der Waals surface area contributed by atoms with Crippen LogP contribution in [0.15, 0.2) is 63.1 Å². The number of aromatic nitrogens is 2. The summed E-state index contributed by atoms with van der Waals surface area (Å²) in [5.41, 5.74) is 2.33. The minimum absolute atomic E-state index is 0.0263. The number of Topliss-reactive ketones (excluding diaryl/α,β-unsaturated/α-hetero) is 1.